The highest BCUT2D eigenvalue weighted by Crippen LogP contribution is 2.31. The van der Waals surface area contributed by atoms with Crippen LogP contribution in [-0.2, 0) is 11.3 Å². The number of carbonyl (C=O) groups excluding carboxylic acids is 2. The lowest BCUT2D eigenvalue weighted by Crippen LogP contribution is -2.49. The molecule has 2 aromatic carbocycles. The molecule has 1 aliphatic rings. The molecule has 2 heterocycles. The third-order valence-electron chi connectivity index (χ3n) is 4.82. The van der Waals surface area contributed by atoms with Crippen molar-refractivity contribution in [2.45, 2.75) is 38.9 Å². The average molecular weight is 424 g/mol. The van der Waals surface area contributed by atoms with E-state index in [9.17, 15) is 9.59 Å². The van der Waals surface area contributed by atoms with Crippen molar-refractivity contribution in [1.82, 2.24) is 25.2 Å². The number of amides is 2. The third-order valence-corrected chi connectivity index (χ3v) is 5.07. The number of nitrogens with zero attached hydrogens (tertiary/aromatic N) is 4. The summed E-state index contributed by atoms with van der Waals surface area (Å²) in [6, 6.07) is 13.3. The van der Waals surface area contributed by atoms with Gasteiger partial charge in [0.25, 0.3) is 5.91 Å². The van der Waals surface area contributed by atoms with E-state index in [0.717, 1.165) is 5.69 Å². The molecule has 1 N–H and O–H groups in total. The Morgan fingerprint density at radius 1 is 1.13 bits per heavy atom. The van der Waals surface area contributed by atoms with Crippen LogP contribution in [-0.4, -0.2) is 37.2 Å². The number of para-hydroxylation sites is 1. The monoisotopic (exact) mass is 423 g/mol. The van der Waals surface area contributed by atoms with Gasteiger partial charge in [0, 0.05) is 10.6 Å². The summed E-state index contributed by atoms with van der Waals surface area (Å²) in [7, 11) is 0. The first-order valence-electron chi connectivity index (χ1n) is 9.62. The summed E-state index contributed by atoms with van der Waals surface area (Å²) in [5.41, 5.74) is 2.04. The summed E-state index contributed by atoms with van der Waals surface area (Å²) >= 11 is 6.06. The Morgan fingerprint density at radius 3 is 2.53 bits per heavy atom. The topological polar surface area (TPSA) is 80.1 Å². The zero-order valence-corrected chi connectivity index (χ0v) is 17.7. The number of halogens is 1. The molecular formula is C22H22ClN5O2. The van der Waals surface area contributed by atoms with E-state index >= 15 is 0 Å². The molecule has 0 spiro atoms. The van der Waals surface area contributed by atoms with E-state index < -0.39 is 11.6 Å². The second-order valence-electron chi connectivity index (χ2n) is 8.28. The average Bonchev–Trinajstić information content (AvgIpc) is 3.11. The number of hydrogen-bond acceptors (Lipinski definition) is 4. The van der Waals surface area contributed by atoms with Crippen molar-refractivity contribution in [3.63, 3.8) is 0 Å². The molecule has 0 aliphatic carbocycles. The van der Waals surface area contributed by atoms with Crippen molar-refractivity contribution in [3.8, 4) is 5.69 Å². The first kappa shape index (κ1) is 20.1. The van der Waals surface area contributed by atoms with Gasteiger partial charge in [-0.05, 0) is 50.6 Å². The summed E-state index contributed by atoms with van der Waals surface area (Å²) < 4.78 is 1.65. The minimum atomic E-state index is -0.844. The van der Waals surface area contributed by atoms with E-state index in [4.69, 9.17) is 11.6 Å². The Bertz CT molecular complexity index is 1100. The van der Waals surface area contributed by atoms with Gasteiger partial charge in [0.2, 0.25) is 5.91 Å². The zero-order valence-electron chi connectivity index (χ0n) is 17.0. The van der Waals surface area contributed by atoms with Gasteiger partial charge in [-0.1, -0.05) is 41.1 Å². The molecule has 7 nitrogen and oxygen atoms in total. The maximum absolute atomic E-state index is 13.6. The standard InChI is InChI=1S/C22H22ClN5O2/c1-22(2,3)25-20(29)19(14-8-10-15(23)11-9-14)27-13-16-12-24-26-28(16)18-7-5-4-6-17(18)21(27)30/h4-12,19H,13H2,1-3H3,(H,25,29). The number of aromatic nitrogens is 3. The molecule has 0 fully saturated rings. The van der Waals surface area contributed by atoms with Crippen LogP contribution in [0, 0.1) is 0 Å². The van der Waals surface area contributed by atoms with Crippen molar-refractivity contribution in [2.24, 2.45) is 0 Å². The van der Waals surface area contributed by atoms with Crippen LogP contribution < -0.4 is 5.32 Å². The van der Waals surface area contributed by atoms with E-state index in [2.05, 4.69) is 15.6 Å². The molecule has 154 valence electrons. The van der Waals surface area contributed by atoms with Gasteiger partial charge in [0.1, 0.15) is 6.04 Å². The van der Waals surface area contributed by atoms with Crippen molar-refractivity contribution >= 4 is 23.4 Å². The largest absolute Gasteiger partial charge is 0.349 e. The van der Waals surface area contributed by atoms with Crippen LogP contribution in [0.5, 0.6) is 0 Å². The Kier molecular flexibility index (Phi) is 5.07. The molecular weight excluding hydrogens is 402 g/mol. The Labute approximate surface area is 179 Å². The van der Waals surface area contributed by atoms with E-state index in [-0.39, 0.29) is 18.4 Å². The highest BCUT2D eigenvalue weighted by molar-refractivity contribution is 6.30. The summed E-state index contributed by atoms with van der Waals surface area (Å²) in [5, 5.41) is 11.7. The van der Waals surface area contributed by atoms with Gasteiger partial charge in [0.05, 0.1) is 29.7 Å². The molecule has 4 rings (SSSR count). The van der Waals surface area contributed by atoms with Gasteiger partial charge in [-0.25, -0.2) is 4.68 Å². The summed E-state index contributed by atoms with van der Waals surface area (Å²) in [5.74, 6) is -0.517. The normalized spacial score (nSPS) is 14.5. The fraction of sp³-hybridized carbons (Fsp3) is 0.273. The molecule has 8 heteroatoms. The minimum absolute atomic E-state index is 0.186. The lowest BCUT2D eigenvalue weighted by atomic mass is 10.0. The van der Waals surface area contributed by atoms with Crippen LogP contribution in [0.2, 0.25) is 5.02 Å². The van der Waals surface area contributed by atoms with Crippen molar-refractivity contribution in [2.75, 3.05) is 0 Å². The molecule has 30 heavy (non-hydrogen) atoms. The summed E-state index contributed by atoms with van der Waals surface area (Å²) in [6.45, 7) is 5.90. The predicted octanol–water partition coefficient (Wildman–Crippen LogP) is 3.53. The lowest BCUT2D eigenvalue weighted by molar-refractivity contribution is -0.127. The fourth-order valence-electron chi connectivity index (χ4n) is 3.57. The van der Waals surface area contributed by atoms with Crippen LogP contribution in [0.25, 0.3) is 5.69 Å². The maximum atomic E-state index is 13.6. The van der Waals surface area contributed by atoms with Crippen LogP contribution in [0.4, 0.5) is 0 Å². The molecule has 0 radical (unpaired) electrons. The quantitative estimate of drug-likeness (QED) is 0.698. The predicted molar refractivity (Wildman–Crippen MR) is 113 cm³/mol. The summed E-state index contributed by atoms with van der Waals surface area (Å²) in [4.78, 5) is 28.6. The second kappa shape index (κ2) is 7.57. The first-order valence-corrected chi connectivity index (χ1v) is 10.00. The molecule has 3 aromatic rings. The van der Waals surface area contributed by atoms with Crippen LogP contribution in [0.15, 0.2) is 54.7 Å². The smallest absolute Gasteiger partial charge is 0.257 e. The van der Waals surface area contributed by atoms with Gasteiger partial charge >= 0.3 is 0 Å². The molecule has 0 saturated carbocycles. The number of nitrogens with one attached hydrogen (secondary N) is 1. The highest BCUT2D eigenvalue weighted by atomic mass is 35.5. The van der Waals surface area contributed by atoms with Gasteiger partial charge in [-0.3, -0.25) is 9.59 Å². The fourth-order valence-corrected chi connectivity index (χ4v) is 3.70. The van der Waals surface area contributed by atoms with Gasteiger partial charge in [-0.2, -0.15) is 0 Å². The van der Waals surface area contributed by atoms with E-state index in [0.29, 0.717) is 21.8 Å². The van der Waals surface area contributed by atoms with Crippen LogP contribution in [0.1, 0.15) is 48.4 Å². The van der Waals surface area contributed by atoms with Crippen molar-refractivity contribution in [1.29, 1.82) is 0 Å². The van der Waals surface area contributed by atoms with Crippen LogP contribution >= 0.6 is 11.6 Å². The molecule has 1 unspecified atom stereocenters. The maximum Gasteiger partial charge on any atom is 0.257 e. The number of carbonyl (C=O) groups is 2. The van der Waals surface area contributed by atoms with Crippen molar-refractivity contribution < 1.29 is 9.59 Å². The molecule has 1 atom stereocenters. The number of fused-ring (bicyclic) bond motifs is 3. The third kappa shape index (κ3) is 3.80. The van der Waals surface area contributed by atoms with Gasteiger partial charge in [0.15, 0.2) is 0 Å². The zero-order chi connectivity index (χ0) is 21.5. The Morgan fingerprint density at radius 2 is 1.83 bits per heavy atom. The van der Waals surface area contributed by atoms with Gasteiger partial charge in [-0.15, -0.1) is 5.10 Å². The van der Waals surface area contributed by atoms with Crippen molar-refractivity contribution in [3.05, 3.63) is 76.6 Å². The Balaban J connectivity index is 1.85. The number of hydrogen-bond donors (Lipinski definition) is 1. The lowest BCUT2D eigenvalue weighted by Gasteiger charge is -2.33. The number of rotatable bonds is 3. The molecule has 1 aliphatic heterocycles. The van der Waals surface area contributed by atoms with Crippen LogP contribution in [0.3, 0.4) is 0 Å². The minimum Gasteiger partial charge on any atom is -0.349 e. The van der Waals surface area contributed by atoms with E-state index in [1.807, 2.05) is 32.9 Å². The highest BCUT2D eigenvalue weighted by Gasteiger charge is 2.37. The summed E-state index contributed by atoms with van der Waals surface area (Å²) in [6.07, 6.45) is 1.61. The van der Waals surface area contributed by atoms with E-state index in [1.165, 1.54) is 0 Å². The molecule has 1 aromatic heterocycles. The van der Waals surface area contributed by atoms with Gasteiger partial charge < -0.3 is 10.2 Å². The molecule has 0 bridgehead atoms. The Hall–Kier alpha value is -3.19. The van der Waals surface area contributed by atoms with E-state index in [1.54, 1.807) is 52.2 Å². The molecule has 0 saturated heterocycles. The second-order valence-corrected chi connectivity index (χ2v) is 8.72. The first-order chi connectivity index (χ1) is 14.2. The number of benzene rings is 2. The molecule has 2 amide bonds. The SMILES string of the molecule is CC(C)(C)NC(=O)C(c1ccc(Cl)cc1)N1Cc2cnnn2-c2ccccc2C1=O.